The van der Waals surface area contributed by atoms with Crippen molar-refractivity contribution in [2.24, 2.45) is 5.73 Å². The van der Waals surface area contributed by atoms with Crippen LogP contribution in [-0.4, -0.2) is 17.4 Å². The van der Waals surface area contributed by atoms with E-state index in [1.54, 1.807) is 32.0 Å². The lowest BCUT2D eigenvalue weighted by Crippen LogP contribution is -2.55. The maximum absolute atomic E-state index is 12.1. The lowest BCUT2D eigenvalue weighted by molar-refractivity contribution is -0.123. The number of carbonyl (C=O) groups is 2. The lowest BCUT2D eigenvalue weighted by atomic mass is 9.97. The average molecular weight is 381 g/mol. The van der Waals surface area contributed by atoms with E-state index in [-0.39, 0.29) is 5.91 Å². The fourth-order valence-corrected chi connectivity index (χ4v) is 2.07. The minimum Gasteiger partial charge on any atom is -0.368 e. The van der Waals surface area contributed by atoms with Gasteiger partial charge in [-0.15, -0.1) is 0 Å². The average Bonchev–Trinajstić information content (AvgIpc) is 2.31. The second-order valence-corrected chi connectivity index (χ2v) is 5.73. The van der Waals surface area contributed by atoms with Crippen molar-refractivity contribution in [2.75, 3.05) is 0 Å². The first-order valence-corrected chi connectivity index (χ1v) is 6.83. The number of primary amides is 1. The molecule has 1 unspecified atom stereocenters. The van der Waals surface area contributed by atoms with Crippen LogP contribution < -0.4 is 11.1 Å². The monoisotopic (exact) mass is 380 g/mol. The van der Waals surface area contributed by atoms with Crippen LogP contribution in [0, 0.1) is 3.57 Å². The summed E-state index contributed by atoms with van der Waals surface area (Å²) in [5, 5.41) is 3.12. The molecule has 6 heteroatoms. The van der Waals surface area contributed by atoms with Crippen LogP contribution in [0.5, 0.6) is 0 Å². The number of amides is 2. The fourth-order valence-electron chi connectivity index (χ4n) is 1.31. The normalized spacial score (nSPS) is 13.8. The molecule has 0 bridgehead atoms. The molecule has 18 heavy (non-hydrogen) atoms. The molecule has 0 spiro atoms. The highest BCUT2D eigenvalue weighted by atomic mass is 127. The van der Waals surface area contributed by atoms with E-state index in [4.69, 9.17) is 17.3 Å². The van der Waals surface area contributed by atoms with Crippen molar-refractivity contribution in [1.29, 1.82) is 0 Å². The quantitative estimate of drug-likeness (QED) is 0.787. The number of nitrogens with two attached hydrogens (primary N) is 1. The fraction of sp³-hybridized carbons (Fsp3) is 0.333. The molecule has 0 aliphatic rings. The van der Waals surface area contributed by atoms with Gasteiger partial charge in [0.25, 0.3) is 5.91 Å². The van der Waals surface area contributed by atoms with E-state index >= 15 is 0 Å². The number of hydrogen-bond acceptors (Lipinski definition) is 2. The summed E-state index contributed by atoms with van der Waals surface area (Å²) < 4.78 is 0.762. The summed E-state index contributed by atoms with van der Waals surface area (Å²) in [6.07, 6.45) is 0.422. The van der Waals surface area contributed by atoms with Gasteiger partial charge in [0.1, 0.15) is 5.54 Å². The minimum atomic E-state index is -1.05. The van der Waals surface area contributed by atoms with Crippen molar-refractivity contribution in [2.45, 2.75) is 25.8 Å². The molecule has 1 atom stereocenters. The molecule has 1 aromatic rings. The standard InChI is InChI=1S/C12H14ClIN2O2/c1-3-12(2,11(15)18)16-10(17)8-6-7(13)4-5-9(8)14/h4-6H,3H2,1-2H3,(H2,15,18)(H,16,17). The van der Waals surface area contributed by atoms with Crippen molar-refractivity contribution < 1.29 is 9.59 Å². The minimum absolute atomic E-state index is 0.356. The Kier molecular flexibility index (Phi) is 4.98. The van der Waals surface area contributed by atoms with Crippen LogP contribution >= 0.6 is 34.2 Å². The first kappa shape index (κ1) is 15.2. The molecule has 0 aliphatic heterocycles. The largest absolute Gasteiger partial charge is 0.368 e. The highest BCUT2D eigenvalue weighted by molar-refractivity contribution is 14.1. The van der Waals surface area contributed by atoms with Gasteiger partial charge in [-0.25, -0.2) is 0 Å². The van der Waals surface area contributed by atoms with Crippen molar-refractivity contribution in [3.05, 3.63) is 32.4 Å². The van der Waals surface area contributed by atoms with Gasteiger partial charge in [0.15, 0.2) is 0 Å². The highest BCUT2D eigenvalue weighted by Gasteiger charge is 2.31. The van der Waals surface area contributed by atoms with Crippen LogP contribution in [-0.2, 0) is 4.79 Å². The van der Waals surface area contributed by atoms with Crippen molar-refractivity contribution in [1.82, 2.24) is 5.32 Å². The van der Waals surface area contributed by atoms with Crippen molar-refractivity contribution in [3.8, 4) is 0 Å². The number of hydrogen-bond donors (Lipinski definition) is 2. The van der Waals surface area contributed by atoms with Crippen LogP contribution in [0.1, 0.15) is 30.6 Å². The van der Waals surface area contributed by atoms with Gasteiger partial charge >= 0.3 is 0 Å². The van der Waals surface area contributed by atoms with Crippen LogP contribution in [0.2, 0.25) is 5.02 Å². The summed E-state index contributed by atoms with van der Waals surface area (Å²) >= 11 is 7.89. The molecular weight excluding hydrogens is 367 g/mol. The third-order valence-corrected chi connectivity index (χ3v) is 3.99. The first-order valence-electron chi connectivity index (χ1n) is 5.37. The van der Waals surface area contributed by atoms with E-state index in [0.29, 0.717) is 17.0 Å². The Morgan fingerprint density at radius 3 is 2.61 bits per heavy atom. The Labute approximate surface area is 124 Å². The lowest BCUT2D eigenvalue weighted by Gasteiger charge is -2.26. The molecule has 2 amide bonds. The third kappa shape index (κ3) is 3.35. The molecule has 0 fully saturated rings. The molecule has 1 aromatic carbocycles. The van der Waals surface area contributed by atoms with Crippen LogP contribution in [0.4, 0.5) is 0 Å². The van der Waals surface area contributed by atoms with Crippen LogP contribution in [0.15, 0.2) is 18.2 Å². The number of rotatable bonds is 4. The number of nitrogens with one attached hydrogen (secondary N) is 1. The van der Waals surface area contributed by atoms with E-state index in [1.807, 2.05) is 22.6 Å². The Morgan fingerprint density at radius 1 is 1.50 bits per heavy atom. The van der Waals surface area contributed by atoms with E-state index in [0.717, 1.165) is 3.57 Å². The number of carbonyl (C=O) groups excluding carboxylic acids is 2. The van der Waals surface area contributed by atoms with E-state index in [2.05, 4.69) is 5.32 Å². The van der Waals surface area contributed by atoms with Gasteiger partial charge in [0.2, 0.25) is 5.91 Å². The topological polar surface area (TPSA) is 72.2 Å². The summed E-state index contributed by atoms with van der Waals surface area (Å²) in [4.78, 5) is 23.5. The molecule has 0 aromatic heterocycles. The van der Waals surface area contributed by atoms with Gasteiger partial charge in [-0.05, 0) is 54.1 Å². The molecule has 0 saturated carbocycles. The molecule has 0 aliphatic carbocycles. The zero-order valence-electron chi connectivity index (χ0n) is 10.1. The zero-order valence-corrected chi connectivity index (χ0v) is 13.0. The molecule has 98 valence electrons. The Hall–Kier alpha value is -0.820. The van der Waals surface area contributed by atoms with Gasteiger partial charge in [-0.3, -0.25) is 9.59 Å². The predicted molar refractivity (Wildman–Crippen MR) is 79.5 cm³/mol. The molecule has 0 heterocycles. The Balaban J connectivity index is 3.02. The molecule has 4 nitrogen and oxygen atoms in total. The maximum atomic E-state index is 12.1. The van der Waals surface area contributed by atoms with Crippen LogP contribution in [0.25, 0.3) is 0 Å². The molecular formula is C12H14ClIN2O2. The SMILES string of the molecule is CCC(C)(NC(=O)c1cc(Cl)ccc1I)C(N)=O. The van der Waals surface area contributed by atoms with Crippen molar-refractivity contribution >= 4 is 46.0 Å². The second-order valence-electron chi connectivity index (χ2n) is 4.13. The maximum Gasteiger partial charge on any atom is 0.253 e. The summed E-state index contributed by atoms with van der Waals surface area (Å²) in [7, 11) is 0. The van der Waals surface area contributed by atoms with Crippen molar-refractivity contribution in [3.63, 3.8) is 0 Å². The Morgan fingerprint density at radius 2 is 2.11 bits per heavy atom. The molecule has 0 radical (unpaired) electrons. The molecule has 3 N–H and O–H groups in total. The van der Waals surface area contributed by atoms with E-state index in [1.165, 1.54) is 0 Å². The highest BCUT2D eigenvalue weighted by Crippen LogP contribution is 2.19. The van der Waals surface area contributed by atoms with E-state index < -0.39 is 11.4 Å². The first-order chi connectivity index (χ1) is 8.30. The summed E-state index contributed by atoms with van der Waals surface area (Å²) in [5.74, 6) is -0.916. The van der Waals surface area contributed by atoms with Gasteiger partial charge in [0.05, 0.1) is 5.56 Å². The third-order valence-electron chi connectivity index (χ3n) is 2.81. The summed E-state index contributed by atoms with van der Waals surface area (Å²) in [6.45, 7) is 3.39. The number of halogens is 2. The summed E-state index contributed by atoms with van der Waals surface area (Å²) in [5.41, 5.74) is 4.68. The Bertz CT molecular complexity index is 493. The van der Waals surface area contributed by atoms with E-state index in [9.17, 15) is 9.59 Å². The zero-order chi connectivity index (χ0) is 13.9. The molecule has 1 rings (SSSR count). The second kappa shape index (κ2) is 5.88. The van der Waals surface area contributed by atoms with Crippen LogP contribution in [0.3, 0.4) is 0 Å². The van der Waals surface area contributed by atoms with Gasteiger partial charge in [-0.2, -0.15) is 0 Å². The number of benzene rings is 1. The van der Waals surface area contributed by atoms with Gasteiger partial charge in [-0.1, -0.05) is 18.5 Å². The smallest absolute Gasteiger partial charge is 0.253 e. The van der Waals surface area contributed by atoms with Gasteiger partial charge in [0, 0.05) is 8.59 Å². The van der Waals surface area contributed by atoms with Gasteiger partial charge < -0.3 is 11.1 Å². The predicted octanol–water partition coefficient (Wildman–Crippen LogP) is 2.33. The summed E-state index contributed by atoms with van der Waals surface area (Å²) in [6, 6.07) is 5.01. The molecule has 0 saturated heterocycles.